The highest BCUT2D eigenvalue weighted by molar-refractivity contribution is 6.37. The quantitative estimate of drug-likeness (QED) is 0.468. The van der Waals surface area contributed by atoms with Crippen molar-refractivity contribution in [2.24, 2.45) is 0 Å². The second-order valence-corrected chi connectivity index (χ2v) is 4.02. The van der Waals surface area contributed by atoms with E-state index in [0.717, 1.165) is 0 Å². The SMILES string of the molecule is O=C(O)C(=O)CC(=O)c1ccnn1Cc1ccccn1. The summed E-state index contributed by atoms with van der Waals surface area (Å²) in [6.07, 6.45) is 2.36. The van der Waals surface area contributed by atoms with Crippen LogP contribution in [-0.2, 0) is 16.1 Å². The fraction of sp³-hybridized carbons (Fsp3) is 0.154. The number of carbonyl (C=O) groups excluding carboxylic acids is 2. The maximum atomic E-state index is 11.9. The molecule has 7 nitrogen and oxygen atoms in total. The molecule has 0 amide bonds. The van der Waals surface area contributed by atoms with Crippen LogP contribution < -0.4 is 0 Å². The summed E-state index contributed by atoms with van der Waals surface area (Å²) in [7, 11) is 0. The molecule has 0 radical (unpaired) electrons. The molecule has 0 saturated heterocycles. The third kappa shape index (κ3) is 3.14. The van der Waals surface area contributed by atoms with Crippen LogP contribution in [0.4, 0.5) is 0 Å². The zero-order valence-corrected chi connectivity index (χ0v) is 10.4. The lowest BCUT2D eigenvalue weighted by Gasteiger charge is -2.05. The van der Waals surface area contributed by atoms with Gasteiger partial charge in [0, 0.05) is 12.4 Å². The van der Waals surface area contributed by atoms with Crippen molar-refractivity contribution in [3.63, 3.8) is 0 Å². The van der Waals surface area contributed by atoms with E-state index in [2.05, 4.69) is 10.1 Å². The Labute approximate surface area is 113 Å². The first-order valence-electron chi connectivity index (χ1n) is 5.79. The summed E-state index contributed by atoms with van der Waals surface area (Å²) in [5, 5.41) is 12.5. The standard InChI is InChI=1S/C13H11N3O4/c17-11(7-12(18)13(19)20)10-4-6-15-16(10)8-9-3-1-2-5-14-9/h1-6H,7-8H2,(H,19,20). The number of nitrogens with zero attached hydrogens (tertiary/aromatic N) is 3. The maximum Gasteiger partial charge on any atom is 0.372 e. The van der Waals surface area contributed by atoms with Gasteiger partial charge in [-0.2, -0.15) is 5.10 Å². The molecule has 0 aromatic carbocycles. The summed E-state index contributed by atoms with van der Waals surface area (Å²) in [6.45, 7) is 0.274. The van der Waals surface area contributed by atoms with E-state index in [9.17, 15) is 14.4 Å². The molecule has 0 spiro atoms. The summed E-state index contributed by atoms with van der Waals surface area (Å²) in [6, 6.07) is 6.80. The summed E-state index contributed by atoms with van der Waals surface area (Å²) >= 11 is 0. The highest BCUT2D eigenvalue weighted by Crippen LogP contribution is 2.07. The summed E-state index contributed by atoms with van der Waals surface area (Å²) < 4.78 is 1.39. The number of hydrogen-bond acceptors (Lipinski definition) is 5. The molecule has 102 valence electrons. The molecular formula is C13H11N3O4. The van der Waals surface area contributed by atoms with Gasteiger partial charge in [0.2, 0.25) is 5.78 Å². The lowest BCUT2D eigenvalue weighted by Crippen LogP contribution is -2.20. The minimum atomic E-state index is -1.62. The fourth-order valence-electron chi connectivity index (χ4n) is 1.65. The number of carboxylic acid groups (broad SMARTS) is 1. The van der Waals surface area contributed by atoms with Crippen molar-refractivity contribution in [3.8, 4) is 0 Å². The Hall–Kier alpha value is -2.83. The number of rotatable bonds is 6. The normalized spacial score (nSPS) is 10.2. The average molecular weight is 273 g/mol. The van der Waals surface area contributed by atoms with E-state index in [1.165, 1.54) is 16.9 Å². The van der Waals surface area contributed by atoms with Gasteiger partial charge in [0.15, 0.2) is 5.78 Å². The molecule has 2 aromatic rings. The molecule has 0 bridgehead atoms. The van der Waals surface area contributed by atoms with Gasteiger partial charge >= 0.3 is 5.97 Å². The Morgan fingerprint density at radius 2 is 1.95 bits per heavy atom. The molecular weight excluding hydrogens is 262 g/mol. The molecule has 20 heavy (non-hydrogen) atoms. The Bertz CT molecular complexity index is 649. The Balaban J connectivity index is 2.14. The van der Waals surface area contributed by atoms with Crippen LogP contribution in [0, 0.1) is 0 Å². The number of ketones is 2. The molecule has 2 rings (SSSR count). The Morgan fingerprint density at radius 1 is 1.15 bits per heavy atom. The minimum absolute atomic E-state index is 0.185. The van der Waals surface area contributed by atoms with Crippen molar-refractivity contribution in [1.29, 1.82) is 0 Å². The van der Waals surface area contributed by atoms with E-state index in [4.69, 9.17) is 5.11 Å². The second kappa shape index (κ2) is 5.87. The lowest BCUT2D eigenvalue weighted by atomic mass is 10.1. The predicted octanol–water partition coefficient (Wildman–Crippen LogP) is 0.553. The van der Waals surface area contributed by atoms with Crippen LogP contribution in [0.3, 0.4) is 0 Å². The van der Waals surface area contributed by atoms with E-state index >= 15 is 0 Å². The summed E-state index contributed by atoms with van der Waals surface area (Å²) in [4.78, 5) is 37.5. The van der Waals surface area contributed by atoms with Gasteiger partial charge in [-0.15, -0.1) is 0 Å². The molecule has 0 aliphatic rings. The van der Waals surface area contributed by atoms with Crippen LogP contribution in [0.1, 0.15) is 22.6 Å². The van der Waals surface area contributed by atoms with Crippen LogP contribution in [0.15, 0.2) is 36.7 Å². The first-order valence-corrected chi connectivity index (χ1v) is 5.79. The smallest absolute Gasteiger partial charge is 0.372 e. The van der Waals surface area contributed by atoms with Gasteiger partial charge in [-0.3, -0.25) is 19.3 Å². The fourth-order valence-corrected chi connectivity index (χ4v) is 1.65. The van der Waals surface area contributed by atoms with Crippen LogP contribution in [0.2, 0.25) is 0 Å². The maximum absolute atomic E-state index is 11.9. The topological polar surface area (TPSA) is 102 Å². The van der Waals surface area contributed by atoms with Gasteiger partial charge in [0.05, 0.1) is 18.7 Å². The first-order chi connectivity index (χ1) is 9.58. The number of pyridine rings is 1. The zero-order valence-electron chi connectivity index (χ0n) is 10.4. The Kier molecular flexibility index (Phi) is 3.99. The lowest BCUT2D eigenvalue weighted by molar-refractivity contribution is -0.148. The number of hydrogen-bond donors (Lipinski definition) is 1. The van der Waals surface area contributed by atoms with Crippen molar-refractivity contribution in [2.75, 3.05) is 0 Å². The van der Waals surface area contributed by atoms with Crippen LogP contribution in [-0.4, -0.2) is 37.4 Å². The molecule has 2 heterocycles. The Morgan fingerprint density at radius 3 is 2.60 bits per heavy atom. The zero-order chi connectivity index (χ0) is 14.5. The van der Waals surface area contributed by atoms with Crippen molar-refractivity contribution >= 4 is 17.5 Å². The largest absolute Gasteiger partial charge is 0.475 e. The average Bonchev–Trinajstić information content (AvgIpc) is 2.88. The molecule has 0 aliphatic heterocycles. The summed E-state index contributed by atoms with van der Waals surface area (Å²) in [5.41, 5.74) is 0.889. The van der Waals surface area contributed by atoms with Crippen molar-refractivity contribution in [1.82, 2.24) is 14.8 Å². The molecule has 7 heteroatoms. The third-order valence-corrected chi connectivity index (χ3v) is 2.60. The molecule has 0 aliphatic carbocycles. The van der Waals surface area contributed by atoms with E-state index in [0.29, 0.717) is 5.69 Å². The third-order valence-electron chi connectivity index (χ3n) is 2.60. The highest BCUT2D eigenvalue weighted by atomic mass is 16.4. The van der Waals surface area contributed by atoms with Gasteiger partial charge < -0.3 is 5.11 Å². The van der Waals surface area contributed by atoms with Crippen LogP contribution in [0.5, 0.6) is 0 Å². The monoisotopic (exact) mass is 273 g/mol. The number of aliphatic carboxylic acids is 1. The highest BCUT2D eigenvalue weighted by Gasteiger charge is 2.20. The number of carboxylic acids is 1. The van der Waals surface area contributed by atoms with E-state index < -0.39 is 24.0 Å². The summed E-state index contributed by atoms with van der Waals surface area (Å²) in [5.74, 6) is -3.33. The molecule has 1 N–H and O–H groups in total. The number of carbonyl (C=O) groups is 3. The minimum Gasteiger partial charge on any atom is -0.475 e. The van der Waals surface area contributed by atoms with Gasteiger partial charge in [0.25, 0.3) is 0 Å². The number of aromatic nitrogens is 3. The molecule has 2 aromatic heterocycles. The molecule has 0 saturated carbocycles. The van der Waals surface area contributed by atoms with Gasteiger partial charge in [-0.1, -0.05) is 6.07 Å². The van der Waals surface area contributed by atoms with E-state index in [-0.39, 0.29) is 12.2 Å². The van der Waals surface area contributed by atoms with Gasteiger partial charge in [-0.25, -0.2) is 4.79 Å². The van der Waals surface area contributed by atoms with Gasteiger partial charge in [0.1, 0.15) is 5.69 Å². The molecule has 0 atom stereocenters. The first kappa shape index (κ1) is 13.6. The predicted molar refractivity (Wildman–Crippen MR) is 67.2 cm³/mol. The van der Waals surface area contributed by atoms with Crippen molar-refractivity contribution in [3.05, 3.63) is 48.0 Å². The van der Waals surface area contributed by atoms with E-state index in [1.807, 2.05) is 0 Å². The molecule has 0 unspecified atom stereocenters. The van der Waals surface area contributed by atoms with Crippen LogP contribution >= 0.6 is 0 Å². The van der Waals surface area contributed by atoms with Gasteiger partial charge in [-0.05, 0) is 18.2 Å². The number of Topliss-reactive ketones (excluding diaryl/α,β-unsaturated/α-hetero) is 2. The molecule has 0 fully saturated rings. The van der Waals surface area contributed by atoms with Crippen molar-refractivity contribution < 1.29 is 19.5 Å². The second-order valence-electron chi connectivity index (χ2n) is 4.02. The van der Waals surface area contributed by atoms with Crippen LogP contribution in [0.25, 0.3) is 0 Å². The van der Waals surface area contributed by atoms with Crippen molar-refractivity contribution in [2.45, 2.75) is 13.0 Å². The van der Waals surface area contributed by atoms with E-state index in [1.54, 1.807) is 24.4 Å².